The molecule has 556 valence electrons. The van der Waals surface area contributed by atoms with Crippen molar-refractivity contribution >= 4 is 70.0 Å². The van der Waals surface area contributed by atoms with Gasteiger partial charge in [-0.15, -0.1) is 0 Å². The molecule has 1 aliphatic heterocycles. The molecule has 0 saturated heterocycles. The summed E-state index contributed by atoms with van der Waals surface area (Å²) in [6.07, 6.45) is 0. The summed E-state index contributed by atoms with van der Waals surface area (Å²) in [6.45, 7) is 47.3. The summed E-state index contributed by atoms with van der Waals surface area (Å²) in [6, 6.07) is 34.7. The van der Waals surface area contributed by atoms with Crippen LogP contribution in [0.15, 0.2) is 109 Å². The SMILES string of the molecule is CCO[Si](OCC)(OCC)c1cc(OC)cc(OC)c1.CCO[Si](OCC)(OCC)c1ccc(OC(C)(C)C)cc1.CCO[Si](OCC)(OCC)c1ccc(OC)cc1.CCO[Si](OCC)(OCC)c1ccc2c(c1)OCCO2.CCOc1ccc([Si](OCC)(OCC)OCC)cc1. The summed E-state index contributed by atoms with van der Waals surface area (Å²) in [5.41, 5.74) is -0.213. The number of hydrogen-bond donors (Lipinski definition) is 0. The van der Waals surface area contributed by atoms with Crippen LogP contribution in [-0.2, 0) is 66.4 Å². The van der Waals surface area contributed by atoms with Gasteiger partial charge in [0.1, 0.15) is 47.6 Å². The van der Waals surface area contributed by atoms with Crippen LogP contribution in [0.25, 0.3) is 0 Å². The monoisotopic (exact) mass is 1460 g/mol. The van der Waals surface area contributed by atoms with Crippen LogP contribution in [-0.4, -0.2) is 190 Å². The maximum Gasteiger partial charge on any atom is 0.537 e. The fourth-order valence-electron chi connectivity index (χ4n) is 9.74. The zero-order chi connectivity index (χ0) is 72.9. The predicted molar refractivity (Wildman–Crippen MR) is 396 cm³/mol. The summed E-state index contributed by atoms with van der Waals surface area (Å²) in [5, 5.41) is 4.66. The Morgan fingerprint density at radius 2 is 0.520 bits per heavy atom. The molecular formula is C71H120O22Si5. The second-order valence-corrected chi connectivity index (χ2v) is 33.9. The van der Waals surface area contributed by atoms with Crippen molar-refractivity contribution in [1.29, 1.82) is 0 Å². The van der Waals surface area contributed by atoms with Gasteiger partial charge in [-0.05, 0) is 192 Å². The molecule has 0 bridgehead atoms. The van der Waals surface area contributed by atoms with Gasteiger partial charge in [0.25, 0.3) is 0 Å². The van der Waals surface area contributed by atoms with Crippen molar-refractivity contribution in [1.82, 2.24) is 0 Å². The van der Waals surface area contributed by atoms with Gasteiger partial charge >= 0.3 is 44.0 Å². The third kappa shape index (κ3) is 28.5. The van der Waals surface area contributed by atoms with Crippen molar-refractivity contribution in [3.63, 3.8) is 0 Å². The first-order chi connectivity index (χ1) is 47.2. The molecule has 0 atom stereocenters. The van der Waals surface area contributed by atoms with Crippen LogP contribution in [0.5, 0.6) is 40.2 Å². The molecule has 0 unspecified atom stereocenters. The number of methoxy groups -OCH3 is 3. The van der Waals surface area contributed by atoms with Gasteiger partial charge in [-0.3, -0.25) is 0 Å². The van der Waals surface area contributed by atoms with Crippen LogP contribution in [0, 0.1) is 0 Å². The summed E-state index contributed by atoms with van der Waals surface area (Å²) in [7, 11) is -9.26. The zero-order valence-corrected chi connectivity index (χ0v) is 68.1. The topological polar surface area (TPSA) is 203 Å². The molecule has 22 nitrogen and oxygen atoms in total. The Balaban J connectivity index is 0.000000417. The van der Waals surface area contributed by atoms with Crippen LogP contribution in [0.2, 0.25) is 0 Å². The van der Waals surface area contributed by atoms with Gasteiger partial charge in [0.2, 0.25) is 0 Å². The molecule has 0 saturated carbocycles. The predicted octanol–water partition coefficient (Wildman–Crippen LogP) is 11.1. The largest absolute Gasteiger partial charge is 0.537 e. The van der Waals surface area contributed by atoms with E-state index in [4.69, 9.17) is 99.5 Å². The van der Waals surface area contributed by atoms with E-state index in [1.54, 1.807) is 21.3 Å². The molecule has 0 spiro atoms. The van der Waals surface area contributed by atoms with E-state index in [9.17, 15) is 0 Å². The van der Waals surface area contributed by atoms with Crippen LogP contribution in [0.1, 0.15) is 132 Å². The Morgan fingerprint density at radius 1 is 0.265 bits per heavy atom. The fourth-order valence-corrected chi connectivity index (χ4v) is 22.1. The molecule has 0 aliphatic carbocycles. The highest BCUT2D eigenvalue weighted by molar-refractivity contribution is 6.77. The minimum absolute atomic E-state index is 0.213. The number of benzene rings is 5. The number of ether oxygens (including phenoxy) is 7. The Bertz CT molecular complexity index is 2730. The quantitative estimate of drug-likeness (QED) is 0.0334. The van der Waals surface area contributed by atoms with Crippen LogP contribution in [0.4, 0.5) is 0 Å². The minimum Gasteiger partial charge on any atom is -0.497 e. The molecule has 5 aromatic carbocycles. The molecule has 27 heteroatoms. The normalized spacial score (nSPS) is 12.3. The molecule has 0 N–H and O–H groups in total. The van der Waals surface area contributed by atoms with E-state index >= 15 is 0 Å². The van der Waals surface area contributed by atoms with Gasteiger partial charge < -0.3 is 99.5 Å². The molecule has 0 amide bonds. The van der Waals surface area contributed by atoms with E-state index in [-0.39, 0.29) is 5.60 Å². The highest BCUT2D eigenvalue weighted by Gasteiger charge is 2.47. The third-order valence-electron chi connectivity index (χ3n) is 13.2. The van der Waals surface area contributed by atoms with Crippen molar-refractivity contribution < 1.29 is 99.5 Å². The van der Waals surface area contributed by atoms with Crippen molar-refractivity contribution in [2.24, 2.45) is 0 Å². The van der Waals surface area contributed by atoms with Crippen molar-refractivity contribution in [2.75, 3.05) is 140 Å². The van der Waals surface area contributed by atoms with Crippen molar-refractivity contribution in [2.45, 2.75) is 137 Å². The highest BCUT2D eigenvalue weighted by atomic mass is 28.4. The van der Waals surface area contributed by atoms with E-state index in [1.165, 1.54) is 0 Å². The lowest BCUT2D eigenvalue weighted by Gasteiger charge is -2.29. The maximum atomic E-state index is 5.89. The second kappa shape index (κ2) is 48.9. The molecule has 5 aromatic rings. The number of fused-ring (bicyclic) bond motifs is 1. The molecule has 1 aliphatic rings. The highest BCUT2D eigenvalue weighted by Crippen LogP contribution is 2.30. The van der Waals surface area contributed by atoms with E-state index in [2.05, 4.69) is 0 Å². The average Bonchev–Trinajstić information content (AvgIpc) is 0.849. The minimum atomic E-state index is -2.93. The van der Waals surface area contributed by atoms with Crippen LogP contribution < -0.4 is 59.1 Å². The molecule has 98 heavy (non-hydrogen) atoms. The lowest BCUT2D eigenvalue weighted by Crippen LogP contribution is -2.56. The summed E-state index contributed by atoms with van der Waals surface area (Å²) >= 11 is 0. The average molecular weight is 1470 g/mol. The van der Waals surface area contributed by atoms with E-state index in [1.807, 2.05) is 241 Å². The molecule has 0 fully saturated rings. The van der Waals surface area contributed by atoms with E-state index in [0.717, 1.165) is 54.7 Å². The van der Waals surface area contributed by atoms with Crippen LogP contribution in [0.3, 0.4) is 0 Å². The molecule has 1 heterocycles. The van der Waals surface area contributed by atoms with Crippen molar-refractivity contribution in [3.8, 4) is 40.2 Å². The number of rotatable bonds is 41. The van der Waals surface area contributed by atoms with Gasteiger partial charge in [-0.25, -0.2) is 0 Å². The van der Waals surface area contributed by atoms with Gasteiger partial charge in [0.15, 0.2) is 11.5 Å². The fraction of sp³-hybridized carbons (Fsp3) is 0.577. The smallest absolute Gasteiger partial charge is 0.497 e. The second-order valence-electron chi connectivity index (χ2n) is 21.2. The molecule has 0 aromatic heterocycles. The van der Waals surface area contributed by atoms with Gasteiger partial charge in [0.05, 0.1) is 27.9 Å². The summed E-state index contributed by atoms with van der Waals surface area (Å²) < 4.78 is 126. The lowest BCUT2D eigenvalue weighted by atomic mass is 10.2. The Hall–Kier alpha value is -4.82. The van der Waals surface area contributed by atoms with Gasteiger partial charge in [-0.2, -0.15) is 0 Å². The Morgan fingerprint density at radius 3 is 0.796 bits per heavy atom. The van der Waals surface area contributed by atoms with Crippen molar-refractivity contribution in [3.05, 3.63) is 109 Å². The zero-order valence-electron chi connectivity index (χ0n) is 63.1. The molecular weight excluding hydrogens is 1350 g/mol. The van der Waals surface area contributed by atoms with Gasteiger partial charge in [0, 0.05) is 131 Å². The molecule has 6 rings (SSSR count). The standard InChI is InChI=1S/C16H28O4Si.C14H22O5Si.C14H24O5Si.C14H24O4Si.C13H22O4Si/c1-7-17-21(18-8-2,19-9-3)15-12-10-14(11-13-15)20-16(4,5)6;1-4-17-20(18-5-2,19-6-3)12-7-8-13-14(11-12)16-10-9-15-13;1-6-17-20(18-7-2,19-8-3)14-10-12(15-4)9-13(11-14)16-5;1-5-15-13-9-11-14(12-10-13)19(16-6-2,17-7-3)18-8-4;1-5-15-18(16-6-2,17-7-3)13-10-8-12(14-4)9-11-13/h10-13H,7-9H2,1-6H3;7-8,11H,4-6,9-10H2,1-3H3;9-11H,6-8H2,1-5H3;9-12H,5-8H2,1-4H3;8-11H,5-7H2,1-4H3. The first-order valence-electron chi connectivity index (χ1n) is 34.6. The Kier molecular flexibility index (Phi) is 44.6. The van der Waals surface area contributed by atoms with Gasteiger partial charge in [-0.1, -0.05) is 42.5 Å². The van der Waals surface area contributed by atoms with E-state index in [0.29, 0.717) is 130 Å². The van der Waals surface area contributed by atoms with Crippen LogP contribution >= 0.6 is 0 Å². The summed E-state index contributed by atoms with van der Waals surface area (Å²) in [4.78, 5) is 0. The number of hydrogen-bond acceptors (Lipinski definition) is 22. The third-order valence-corrected chi connectivity index (χ3v) is 28.4. The maximum absolute atomic E-state index is 5.89. The first kappa shape index (κ1) is 89.3. The lowest BCUT2D eigenvalue weighted by molar-refractivity contribution is 0.0850. The molecule has 0 radical (unpaired) electrons. The van der Waals surface area contributed by atoms with E-state index < -0.39 is 44.0 Å². The first-order valence-corrected chi connectivity index (χ1v) is 43.2. The Labute approximate surface area is 593 Å². The summed E-state index contributed by atoms with van der Waals surface area (Å²) in [5.74, 6) is 5.35.